The number of hydrogen-bond acceptors (Lipinski definition) is 7. The second kappa shape index (κ2) is 15.2. The fourth-order valence-electron chi connectivity index (χ4n) is 3.00. The molecule has 2 N–H and O–H groups in total. The molecule has 1 aromatic heterocycles. The summed E-state index contributed by atoms with van der Waals surface area (Å²) in [6.07, 6.45) is 4.62. The third kappa shape index (κ3) is 9.22. The van der Waals surface area contributed by atoms with Gasteiger partial charge >= 0.3 is 0 Å². The number of aryl methyl sites for hydroxylation is 2. The van der Waals surface area contributed by atoms with E-state index in [0.29, 0.717) is 17.5 Å². The Morgan fingerprint density at radius 1 is 1.06 bits per heavy atom. The lowest BCUT2D eigenvalue weighted by Gasteiger charge is -2.27. The highest BCUT2D eigenvalue weighted by molar-refractivity contribution is 5.78. The summed E-state index contributed by atoms with van der Waals surface area (Å²) in [5.74, 6) is 1.10. The third-order valence-electron chi connectivity index (χ3n) is 4.72. The zero-order chi connectivity index (χ0) is 23.9. The summed E-state index contributed by atoms with van der Waals surface area (Å²) in [4.78, 5) is 11.3. The second-order valence-corrected chi connectivity index (χ2v) is 7.31. The van der Waals surface area contributed by atoms with Crippen molar-refractivity contribution in [2.24, 2.45) is 5.10 Å². The highest BCUT2D eigenvalue weighted by Gasteiger charge is 2.16. The van der Waals surface area contributed by atoms with Gasteiger partial charge in [0.05, 0.1) is 23.7 Å². The molecule has 2 heterocycles. The zero-order valence-electron chi connectivity index (χ0n) is 20.9. The molecule has 32 heavy (non-hydrogen) atoms. The fourth-order valence-corrected chi connectivity index (χ4v) is 3.00. The van der Waals surface area contributed by atoms with E-state index in [1.54, 1.807) is 19.2 Å². The quantitative estimate of drug-likeness (QED) is 0.444. The topological polar surface area (TPSA) is 82.9 Å². The van der Waals surface area contributed by atoms with Gasteiger partial charge in [-0.2, -0.15) is 10.1 Å². The van der Waals surface area contributed by atoms with Crippen molar-refractivity contribution in [1.82, 2.24) is 9.97 Å². The van der Waals surface area contributed by atoms with Gasteiger partial charge in [0.25, 0.3) is 0 Å². The van der Waals surface area contributed by atoms with Gasteiger partial charge in [0.15, 0.2) is 0 Å². The van der Waals surface area contributed by atoms with E-state index in [-0.39, 0.29) is 6.61 Å². The van der Waals surface area contributed by atoms with E-state index in [0.717, 1.165) is 31.6 Å². The molecule has 1 atom stereocenters. The van der Waals surface area contributed by atoms with Gasteiger partial charge in [-0.1, -0.05) is 33.8 Å². The van der Waals surface area contributed by atoms with Crippen LogP contribution in [-0.2, 0) is 0 Å². The van der Waals surface area contributed by atoms with Crippen LogP contribution in [0.15, 0.2) is 29.4 Å². The van der Waals surface area contributed by atoms with Crippen molar-refractivity contribution >= 4 is 17.9 Å². The van der Waals surface area contributed by atoms with Crippen molar-refractivity contribution in [3.8, 4) is 5.88 Å². The minimum absolute atomic E-state index is 0.188. The van der Waals surface area contributed by atoms with Crippen molar-refractivity contribution < 1.29 is 9.84 Å². The van der Waals surface area contributed by atoms with Crippen LogP contribution in [0.1, 0.15) is 70.7 Å². The lowest BCUT2D eigenvalue weighted by molar-refractivity contribution is 0.120. The van der Waals surface area contributed by atoms with Crippen molar-refractivity contribution in [3.05, 3.63) is 41.1 Å². The molecular weight excluding hydrogens is 402 g/mol. The number of nitrogens with zero attached hydrogens (tertiary/aromatic N) is 4. The minimum Gasteiger partial charge on any atom is -0.475 e. The van der Waals surface area contributed by atoms with Crippen LogP contribution in [0, 0.1) is 13.8 Å². The average Bonchev–Trinajstić information content (AvgIpc) is 2.83. The smallest absolute Gasteiger partial charge is 0.229 e. The Hall–Kier alpha value is -2.67. The van der Waals surface area contributed by atoms with Crippen LogP contribution in [0.4, 0.5) is 11.6 Å². The Morgan fingerprint density at radius 2 is 1.75 bits per heavy atom. The number of hydrogen-bond donors (Lipinski definition) is 2. The number of rotatable bonds is 7. The highest BCUT2D eigenvalue weighted by atomic mass is 16.5. The molecule has 0 amide bonds. The summed E-state index contributed by atoms with van der Waals surface area (Å²) in [6.45, 7) is 15.9. The third-order valence-corrected chi connectivity index (χ3v) is 4.72. The lowest BCUT2D eigenvalue weighted by Crippen LogP contribution is -2.31. The molecule has 0 saturated carbocycles. The van der Waals surface area contributed by atoms with Gasteiger partial charge in [-0.25, -0.2) is 4.98 Å². The van der Waals surface area contributed by atoms with E-state index in [4.69, 9.17) is 4.74 Å². The van der Waals surface area contributed by atoms with Crippen molar-refractivity contribution in [3.63, 3.8) is 0 Å². The first-order chi connectivity index (χ1) is 15.5. The first kappa shape index (κ1) is 27.4. The maximum absolute atomic E-state index is 9.50. The van der Waals surface area contributed by atoms with E-state index in [9.17, 15) is 5.11 Å². The van der Waals surface area contributed by atoms with Crippen molar-refractivity contribution in [1.29, 1.82) is 0 Å². The number of aliphatic hydroxyl groups excluding tert-OH is 1. The SMILES string of the molecule is CC.CC.Cc1ccc(N/N=C/c2cc(OCC(C)O)nc(N3CCCCC3)n2)cc1C. The first-order valence-corrected chi connectivity index (χ1v) is 11.8. The average molecular weight is 444 g/mol. The standard InChI is InChI=1S/C21H29N5O2.2C2H6/c1-15-7-8-18(11-16(15)2)25-22-13-19-12-20(28-14-17(3)27)24-21(23-19)26-9-5-4-6-10-26;2*1-2/h7-8,11-13,17,25,27H,4-6,9-10,14H2,1-3H3;2*1-2H3/b22-13+;;. The van der Waals surface area contributed by atoms with Crippen molar-refractivity contribution in [2.75, 3.05) is 30.0 Å². The molecule has 3 rings (SSSR count). The monoisotopic (exact) mass is 443 g/mol. The molecule has 1 unspecified atom stereocenters. The van der Waals surface area contributed by atoms with Crippen LogP contribution in [0.25, 0.3) is 0 Å². The molecule has 1 fully saturated rings. The van der Waals surface area contributed by atoms with Crippen LogP contribution >= 0.6 is 0 Å². The first-order valence-electron chi connectivity index (χ1n) is 11.8. The molecule has 2 aromatic rings. The summed E-state index contributed by atoms with van der Waals surface area (Å²) in [7, 11) is 0. The predicted molar refractivity (Wildman–Crippen MR) is 135 cm³/mol. The summed E-state index contributed by atoms with van der Waals surface area (Å²) in [5, 5.41) is 13.8. The lowest BCUT2D eigenvalue weighted by atomic mass is 10.1. The van der Waals surface area contributed by atoms with E-state index in [2.05, 4.69) is 51.4 Å². The van der Waals surface area contributed by atoms with Gasteiger partial charge in [0.1, 0.15) is 6.61 Å². The number of aliphatic hydroxyl groups is 1. The van der Waals surface area contributed by atoms with Crippen LogP contribution in [0.5, 0.6) is 5.88 Å². The Bertz CT molecular complexity index is 818. The molecule has 0 aliphatic carbocycles. The van der Waals surface area contributed by atoms with Crippen LogP contribution in [0.3, 0.4) is 0 Å². The molecule has 1 saturated heterocycles. The predicted octanol–water partition coefficient (Wildman–Crippen LogP) is 5.34. The van der Waals surface area contributed by atoms with Gasteiger partial charge in [-0.15, -0.1) is 0 Å². The van der Waals surface area contributed by atoms with Gasteiger partial charge in [0.2, 0.25) is 11.8 Å². The normalized spacial score (nSPS) is 14.1. The maximum atomic E-state index is 9.50. The molecule has 178 valence electrons. The Labute approximate surface area is 193 Å². The Kier molecular flexibility index (Phi) is 13.0. The van der Waals surface area contributed by atoms with E-state index >= 15 is 0 Å². The zero-order valence-corrected chi connectivity index (χ0v) is 20.9. The summed E-state index contributed by atoms with van der Waals surface area (Å²) < 4.78 is 5.62. The van der Waals surface area contributed by atoms with Crippen molar-refractivity contribution in [2.45, 2.75) is 73.8 Å². The van der Waals surface area contributed by atoms with Gasteiger partial charge < -0.3 is 14.7 Å². The molecule has 7 heteroatoms. The Balaban J connectivity index is 0.00000121. The molecule has 1 aromatic carbocycles. The highest BCUT2D eigenvalue weighted by Crippen LogP contribution is 2.20. The van der Waals surface area contributed by atoms with E-state index in [1.807, 2.05) is 33.8 Å². The number of ether oxygens (including phenoxy) is 1. The van der Waals surface area contributed by atoms with Crippen LogP contribution in [-0.4, -0.2) is 47.1 Å². The molecule has 0 spiro atoms. The number of hydrazone groups is 1. The number of aromatic nitrogens is 2. The molecule has 1 aliphatic rings. The van der Waals surface area contributed by atoms with Crippen LogP contribution in [0.2, 0.25) is 0 Å². The molecule has 0 bridgehead atoms. The van der Waals surface area contributed by atoms with Crippen LogP contribution < -0.4 is 15.1 Å². The second-order valence-electron chi connectivity index (χ2n) is 7.31. The summed E-state index contributed by atoms with van der Waals surface area (Å²) in [5.41, 5.74) is 7.09. The number of nitrogens with one attached hydrogen (secondary N) is 1. The minimum atomic E-state index is -0.558. The number of piperidine rings is 1. The van der Waals surface area contributed by atoms with E-state index in [1.165, 1.54) is 17.5 Å². The van der Waals surface area contributed by atoms with Gasteiger partial charge in [-0.3, -0.25) is 5.43 Å². The van der Waals surface area contributed by atoms with Gasteiger partial charge in [0, 0.05) is 19.2 Å². The van der Waals surface area contributed by atoms with E-state index < -0.39 is 6.10 Å². The molecule has 0 radical (unpaired) electrons. The summed E-state index contributed by atoms with van der Waals surface area (Å²) >= 11 is 0. The molecule has 1 aliphatic heterocycles. The number of benzene rings is 1. The molecule has 7 nitrogen and oxygen atoms in total. The largest absolute Gasteiger partial charge is 0.475 e. The maximum Gasteiger partial charge on any atom is 0.229 e. The fraction of sp³-hybridized carbons (Fsp3) is 0.560. The molecular formula is C25H41N5O2. The van der Waals surface area contributed by atoms with Gasteiger partial charge in [-0.05, 0) is 63.3 Å². The summed E-state index contributed by atoms with van der Waals surface area (Å²) in [6, 6.07) is 7.86. The Morgan fingerprint density at radius 3 is 2.38 bits per heavy atom. The number of anilines is 2.